The van der Waals surface area contributed by atoms with Crippen molar-refractivity contribution < 1.29 is 18.7 Å². The third-order valence-electron chi connectivity index (χ3n) is 4.10. The summed E-state index contributed by atoms with van der Waals surface area (Å²) in [5.41, 5.74) is 6.25. The molecule has 0 aliphatic carbocycles. The van der Waals surface area contributed by atoms with Gasteiger partial charge >= 0.3 is 0 Å². The zero-order valence-corrected chi connectivity index (χ0v) is 14.8. The normalized spacial score (nSPS) is 15.8. The highest BCUT2D eigenvalue weighted by atomic mass is 35.5. The van der Waals surface area contributed by atoms with E-state index >= 15 is 0 Å². The number of carbonyl (C=O) groups excluding carboxylic acids is 2. The molecule has 0 bridgehead atoms. The third-order valence-corrected chi connectivity index (χ3v) is 4.10. The van der Waals surface area contributed by atoms with Crippen molar-refractivity contribution in [2.45, 2.75) is 25.3 Å². The van der Waals surface area contributed by atoms with Gasteiger partial charge in [-0.1, -0.05) is 6.07 Å². The van der Waals surface area contributed by atoms with Gasteiger partial charge in [-0.3, -0.25) is 9.59 Å². The predicted octanol–water partition coefficient (Wildman–Crippen LogP) is 1.24. The van der Waals surface area contributed by atoms with E-state index < -0.39 is 11.9 Å². The first kappa shape index (κ1) is 21.3. The number of hydrogen-bond acceptors (Lipinski definition) is 4. The fourth-order valence-electron chi connectivity index (χ4n) is 2.64. The van der Waals surface area contributed by atoms with Crippen LogP contribution in [0.3, 0.4) is 0 Å². The van der Waals surface area contributed by atoms with Gasteiger partial charge in [0.15, 0.2) is 0 Å². The van der Waals surface area contributed by atoms with Gasteiger partial charge in [-0.15, -0.1) is 12.4 Å². The molecule has 25 heavy (non-hydrogen) atoms. The van der Waals surface area contributed by atoms with Crippen LogP contribution < -0.4 is 16.4 Å². The largest absolute Gasteiger partial charge is 0.381 e. The minimum Gasteiger partial charge on any atom is -0.381 e. The van der Waals surface area contributed by atoms with Gasteiger partial charge in [0.25, 0.3) is 5.91 Å². The number of ether oxygens (including phenoxy) is 1. The van der Waals surface area contributed by atoms with Crippen molar-refractivity contribution in [2.24, 2.45) is 11.7 Å². The number of nitrogens with one attached hydrogen (secondary N) is 2. The molecule has 6 nitrogen and oxygen atoms in total. The van der Waals surface area contributed by atoms with Gasteiger partial charge in [0.05, 0.1) is 6.04 Å². The molecule has 1 aromatic rings. The molecule has 1 aliphatic rings. The number of halogens is 2. The lowest BCUT2D eigenvalue weighted by Gasteiger charge is -2.26. The zero-order valence-electron chi connectivity index (χ0n) is 14.0. The van der Waals surface area contributed by atoms with Gasteiger partial charge in [-0.05, 0) is 43.4 Å². The highest BCUT2D eigenvalue weighted by Crippen LogP contribution is 2.17. The second-order valence-corrected chi connectivity index (χ2v) is 5.89. The Morgan fingerprint density at radius 3 is 2.60 bits per heavy atom. The molecule has 4 N–H and O–H groups in total. The fraction of sp³-hybridized carbons (Fsp3) is 0.529. The lowest BCUT2D eigenvalue weighted by Crippen LogP contribution is -2.47. The van der Waals surface area contributed by atoms with Gasteiger partial charge in [-0.2, -0.15) is 0 Å². The second-order valence-electron chi connectivity index (χ2n) is 5.89. The molecule has 2 amide bonds. The summed E-state index contributed by atoms with van der Waals surface area (Å²) in [6.45, 7) is 2.12. The van der Waals surface area contributed by atoms with Crippen molar-refractivity contribution in [3.05, 3.63) is 35.6 Å². The molecular weight excluding hydrogens is 349 g/mol. The van der Waals surface area contributed by atoms with E-state index in [1.54, 1.807) is 6.07 Å². The Morgan fingerprint density at radius 2 is 1.92 bits per heavy atom. The Kier molecular flexibility index (Phi) is 9.41. The summed E-state index contributed by atoms with van der Waals surface area (Å²) in [5.74, 6) is -0.790. The highest BCUT2D eigenvalue weighted by Gasteiger charge is 2.26. The van der Waals surface area contributed by atoms with Gasteiger partial charge in [-0.25, -0.2) is 4.39 Å². The van der Waals surface area contributed by atoms with Crippen LogP contribution in [-0.4, -0.2) is 44.2 Å². The maximum atomic E-state index is 13.0. The van der Waals surface area contributed by atoms with Crippen LogP contribution in [0.15, 0.2) is 24.3 Å². The number of amides is 2. The van der Waals surface area contributed by atoms with Crippen molar-refractivity contribution in [1.29, 1.82) is 0 Å². The third kappa shape index (κ3) is 6.97. The molecule has 1 saturated heterocycles. The molecule has 0 radical (unpaired) electrons. The summed E-state index contributed by atoms with van der Waals surface area (Å²) in [6.07, 6.45) is 2.18. The predicted molar refractivity (Wildman–Crippen MR) is 95.1 cm³/mol. The van der Waals surface area contributed by atoms with Gasteiger partial charge in [0.2, 0.25) is 5.91 Å². The first-order chi connectivity index (χ1) is 11.6. The standard InChI is InChI=1S/C17H24FN3O3.ClH/c18-14-4-1-3-13(11-14)16(22)20-7-2-8-21-17(23)15(19)12-5-9-24-10-6-12;/h1,3-4,11-12,15H,2,5-10,19H2,(H,20,22)(H,21,23);1H. The second kappa shape index (κ2) is 11.0. The Labute approximate surface area is 153 Å². The molecule has 1 fully saturated rings. The molecule has 1 atom stereocenters. The van der Waals surface area contributed by atoms with E-state index in [2.05, 4.69) is 10.6 Å². The Morgan fingerprint density at radius 1 is 1.24 bits per heavy atom. The van der Waals surface area contributed by atoms with Crippen molar-refractivity contribution in [3.8, 4) is 0 Å². The summed E-state index contributed by atoms with van der Waals surface area (Å²) >= 11 is 0. The number of benzene rings is 1. The zero-order chi connectivity index (χ0) is 17.4. The molecular formula is C17H25ClFN3O3. The van der Waals surface area contributed by atoms with Crippen LogP contribution in [0.5, 0.6) is 0 Å². The van der Waals surface area contributed by atoms with Gasteiger partial charge in [0.1, 0.15) is 5.82 Å². The molecule has 0 saturated carbocycles. The summed E-state index contributed by atoms with van der Waals surface area (Å²) in [6, 6.07) is 4.99. The molecule has 2 rings (SSSR count). The van der Waals surface area contributed by atoms with E-state index in [9.17, 15) is 14.0 Å². The first-order valence-electron chi connectivity index (χ1n) is 8.22. The number of hydrogen-bond donors (Lipinski definition) is 3. The van der Waals surface area contributed by atoms with Crippen LogP contribution in [0.4, 0.5) is 4.39 Å². The molecule has 1 unspecified atom stereocenters. The van der Waals surface area contributed by atoms with E-state index in [4.69, 9.17) is 10.5 Å². The monoisotopic (exact) mass is 373 g/mol. The number of nitrogens with two attached hydrogens (primary N) is 1. The van der Waals surface area contributed by atoms with Crippen LogP contribution in [-0.2, 0) is 9.53 Å². The summed E-state index contributed by atoms with van der Waals surface area (Å²) in [5, 5.41) is 5.47. The average molecular weight is 374 g/mol. The Hall–Kier alpha value is -1.70. The summed E-state index contributed by atoms with van der Waals surface area (Å²) in [7, 11) is 0. The molecule has 0 aromatic heterocycles. The minimum absolute atomic E-state index is 0. The van der Waals surface area contributed by atoms with Crippen molar-refractivity contribution in [2.75, 3.05) is 26.3 Å². The molecule has 1 aliphatic heterocycles. The van der Waals surface area contributed by atoms with Crippen LogP contribution >= 0.6 is 12.4 Å². The lowest BCUT2D eigenvalue weighted by molar-refractivity contribution is -0.124. The molecule has 140 valence electrons. The lowest BCUT2D eigenvalue weighted by atomic mass is 9.92. The van der Waals surface area contributed by atoms with E-state index in [1.165, 1.54) is 18.2 Å². The fourth-order valence-corrected chi connectivity index (χ4v) is 2.64. The van der Waals surface area contributed by atoms with E-state index in [1.807, 2.05) is 0 Å². The van der Waals surface area contributed by atoms with Gasteiger partial charge < -0.3 is 21.1 Å². The van der Waals surface area contributed by atoms with Crippen LogP contribution in [0.2, 0.25) is 0 Å². The van der Waals surface area contributed by atoms with Crippen LogP contribution in [0.1, 0.15) is 29.6 Å². The van der Waals surface area contributed by atoms with E-state index in [0.29, 0.717) is 32.7 Å². The maximum Gasteiger partial charge on any atom is 0.251 e. The van der Waals surface area contributed by atoms with E-state index in [0.717, 1.165) is 12.8 Å². The van der Waals surface area contributed by atoms with Crippen molar-refractivity contribution >= 4 is 24.2 Å². The minimum atomic E-state index is -0.518. The Balaban J connectivity index is 0.00000312. The molecule has 8 heteroatoms. The highest BCUT2D eigenvalue weighted by molar-refractivity contribution is 5.94. The molecule has 1 heterocycles. The molecule has 0 spiro atoms. The maximum absolute atomic E-state index is 13.0. The Bertz CT molecular complexity index is 568. The van der Waals surface area contributed by atoms with Crippen molar-refractivity contribution in [3.63, 3.8) is 0 Å². The van der Waals surface area contributed by atoms with E-state index in [-0.39, 0.29) is 35.7 Å². The smallest absolute Gasteiger partial charge is 0.251 e. The van der Waals surface area contributed by atoms with Crippen molar-refractivity contribution in [1.82, 2.24) is 10.6 Å². The quantitative estimate of drug-likeness (QED) is 0.627. The van der Waals surface area contributed by atoms with Gasteiger partial charge in [0, 0.05) is 31.9 Å². The number of carbonyl (C=O) groups is 2. The topological polar surface area (TPSA) is 93.5 Å². The average Bonchev–Trinajstić information content (AvgIpc) is 2.61. The van der Waals surface area contributed by atoms with Crippen LogP contribution in [0.25, 0.3) is 0 Å². The SMILES string of the molecule is Cl.NC(C(=O)NCCCNC(=O)c1cccc(F)c1)C1CCOCC1. The first-order valence-corrected chi connectivity index (χ1v) is 8.22. The van der Waals surface area contributed by atoms with Crippen LogP contribution in [0, 0.1) is 11.7 Å². The number of rotatable bonds is 7. The summed E-state index contributed by atoms with van der Waals surface area (Å²) < 4.78 is 18.3. The summed E-state index contributed by atoms with van der Waals surface area (Å²) in [4.78, 5) is 23.8. The molecule has 1 aromatic carbocycles.